The number of anilines is 1. The van der Waals surface area contributed by atoms with Crippen LogP contribution < -0.4 is 16.1 Å². The van der Waals surface area contributed by atoms with Crippen molar-refractivity contribution in [2.75, 3.05) is 5.32 Å². The van der Waals surface area contributed by atoms with Crippen molar-refractivity contribution in [1.29, 1.82) is 0 Å². The molecule has 33 heavy (non-hydrogen) atoms. The number of hydrogen-bond acceptors (Lipinski definition) is 4. The lowest BCUT2D eigenvalue weighted by Crippen LogP contribution is -2.38. The molecule has 0 atom stereocenters. The SMILES string of the molecule is CCc1ccc(NC(=O)c2cn(CC(=O)NC3CCCCC3)c3nc(C)ccc3c2=O)cc1. The third-order valence-electron chi connectivity index (χ3n) is 6.21. The summed E-state index contributed by atoms with van der Waals surface area (Å²) >= 11 is 0. The van der Waals surface area contributed by atoms with Crippen LogP contribution in [0.3, 0.4) is 0 Å². The minimum atomic E-state index is -0.506. The zero-order valence-electron chi connectivity index (χ0n) is 19.2. The van der Waals surface area contributed by atoms with Gasteiger partial charge in [-0.2, -0.15) is 0 Å². The van der Waals surface area contributed by atoms with E-state index >= 15 is 0 Å². The summed E-state index contributed by atoms with van der Waals surface area (Å²) in [6, 6.07) is 11.1. The van der Waals surface area contributed by atoms with E-state index in [1.165, 1.54) is 12.6 Å². The standard InChI is InChI=1S/C26H30N4O3/c1-3-18-10-12-20(13-11-18)29-26(33)22-15-30(16-23(31)28-19-7-5-4-6-8-19)25-21(24(22)32)14-9-17(2)27-25/h9-15,19H,3-8,16H2,1-2H3,(H,28,31)(H,29,33). The summed E-state index contributed by atoms with van der Waals surface area (Å²) in [4.78, 5) is 43.4. The average molecular weight is 447 g/mol. The fraction of sp³-hybridized carbons (Fsp3) is 0.385. The number of nitrogens with one attached hydrogen (secondary N) is 2. The van der Waals surface area contributed by atoms with Gasteiger partial charge in [-0.15, -0.1) is 0 Å². The van der Waals surface area contributed by atoms with Crippen LogP contribution in [0.1, 0.15) is 60.6 Å². The van der Waals surface area contributed by atoms with Gasteiger partial charge < -0.3 is 15.2 Å². The fourth-order valence-electron chi connectivity index (χ4n) is 4.34. The molecular formula is C26H30N4O3. The molecule has 1 aromatic carbocycles. The number of aryl methyl sites for hydroxylation is 2. The van der Waals surface area contributed by atoms with Crippen LogP contribution in [0.4, 0.5) is 5.69 Å². The molecule has 2 N–H and O–H groups in total. The molecule has 7 nitrogen and oxygen atoms in total. The molecule has 172 valence electrons. The van der Waals surface area contributed by atoms with Crippen molar-refractivity contribution in [3.63, 3.8) is 0 Å². The Bertz CT molecular complexity index is 1220. The summed E-state index contributed by atoms with van der Waals surface area (Å²) in [5, 5.41) is 6.21. The quantitative estimate of drug-likeness (QED) is 0.599. The van der Waals surface area contributed by atoms with Crippen molar-refractivity contribution < 1.29 is 9.59 Å². The van der Waals surface area contributed by atoms with Gasteiger partial charge in [-0.1, -0.05) is 38.3 Å². The molecule has 7 heteroatoms. The van der Waals surface area contributed by atoms with Crippen LogP contribution in [0.5, 0.6) is 0 Å². The van der Waals surface area contributed by atoms with Gasteiger partial charge in [0.15, 0.2) is 0 Å². The van der Waals surface area contributed by atoms with E-state index in [4.69, 9.17) is 0 Å². The molecule has 0 bridgehead atoms. The minimum absolute atomic E-state index is 0.00475. The molecule has 0 spiro atoms. The van der Waals surface area contributed by atoms with Crippen molar-refractivity contribution in [3.8, 4) is 0 Å². The van der Waals surface area contributed by atoms with Gasteiger partial charge in [-0.3, -0.25) is 14.4 Å². The lowest BCUT2D eigenvalue weighted by Gasteiger charge is -2.23. The number of carbonyl (C=O) groups is 2. The third-order valence-corrected chi connectivity index (χ3v) is 6.21. The predicted octanol–water partition coefficient (Wildman–Crippen LogP) is 3.97. The summed E-state index contributed by atoms with van der Waals surface area (Å²) in [6.07, 6.45) is 7.77. The molecule has 1 aliphatic rings. The van der Waals surface area contributed by atoms with Crippen LogP contribution in [0.2, 0.25) is 0 Å². The maximum absolute atomic E-state index is 13.1. The minimum Gasteiger partial charge on any atom is -0.352 e. The number of carbonyl (C=O) groups excluding carboxylic acids is 2. The van der Waals surface area contributed by atoms with E-state index in [0.717, 1.165) is 43.4 Å². The van der Waals surface area contributed by atoms with Crippen LogP contribution in [-0.4, -0.2) is 27.4 Å². The van der Waals surface area contributed by atoms with Gasteiger partial charge in [0, 0.05) is 23.6 Å². The first-order valence-electron chi connectivity index (χ1n) is 11.6. The molecule has 2 amide bonds. The molecule has 0 saturated heterocycles. The molecule has 0 radical (unpaired) electrons. The number of aromatic nitrogens is 2. The predicted molar refractivity (Wildman–Crippen MR) is 130 cm³/mol. The van der Waals surface area contributed by atoms with E-state index in [1.807, 2.05) is 31.2 Å². The zero-order chi connectivity index (χ0) is 23.4. The van der Waals surface area contributed by atoms with Crippen molar-refractivity contribution in [1.82, 2.24) is 14.9 Å². The largest absolute Gasteiger partial charge is 0.352 e. The molecular weight excluding hydrogens is 416 g/mol. The third kappa shape index (κ3) is 5.30. The van der Waals surface area contributed by atoms with Crippen LogP contribution in [-0.2, 0) is 17.8 Å². The lowest BCUT2D eigenvalue weighted by atomic mass is 9.95. The molecule has 3 aromatic rings. The van der Waals surface area contributed by atoms with E-state index in [9.17, 15) is 14.4 Å². The molecule has 1 saturated carbocycles. The second-order valence-corrected chi connectivity index (χ2v) is 8.73. The van der Waals surface area contributed by atoms with Gasteiger partial charge in [0.25, 0.3) is 5.91 Å². The summed E-state index contributed by atoms with van der Waals surface area (Å²) in [5.41, 5.74) is 2.49. The number of nitrogens with zero attached hydrogens (tertiary/aromatic N) is 2. The smallest absolute Gasteiger partial charge is 0.261 e. The summed E-state index contributed by atoms with van der Waals surface area (Å²) < 4.78 is 1.61. The van der Waals surface area contributed by atoms with Gasteiger partial charge >= 0.3 is 0 Å². The van der Waals surface area contributed by atoms with Crippen LogP contribution in [0, 0.1) is 6.92 Å². The topological polar surface area (TPSA) is 93.1 Å². The summed E-state index contributed by atoms with van der Waals surface area (Å²) in [7, 11) is 0. The Labute approximate surface area is 193 Å². The Kier molecular flexibility index (Phi) is 6.87. The molecule has 0 unspecified atom stereocenters. The molecule has 1 aliphatic carbocycles. The van der Waals surface area contributed by atoms with Crippen molar-refractivity contribution >= 4 is 28.5 Å². The molecule has 2 heterocycles. The fourth-order valence-corrected chi connectivity index (χ4v) is 4.34. The first-order chi connectivity index (χ1) is 15.9. The Balaban J connectivity index is 1.64. The average Bonchev–Trinajstić information content (AvgIpc) is 2.82. The van der Waals surface area contributed by atoms with Crippen LogP contribution in [0.15, 0.2) is 47.4 Å². The number of rotatable bonds is 6. The van der Waals surface area contributed by atoms with Gasteiger partial charge in [-0.05, 0) is 56.0 Å². The van der Waals surface area contributed by atoms with E-state index < -0.39 is 11.3 Å². The van der Waals surface area contributed by atoms with Crippen LogP contribution in [0.25, 0.3) is 11.0 Å². The Hall–Kier alpha value is -3.48. The highest BCUT2D eigenvalue weighted by Crippen LogP contribution is 2.18. The van der Waals surface area contributed by atoms with Gasteiger partial charge in [0.05, 0.1) is 5.39 Å². The van der Waals surface area contributed by atoms with Crippen LogP contribution >= 0.6 is 0 Å². The first kappa shape index (κ1) is 22.7. The highest BCUT2D eigenvalue weighted by molar-refractivity contribution is 6.05. The van der Waals surface area contributed by atoms with E-state index in [0.29, 0.717) is 16.7 Å². The Morgan fingerprint density at radius 3 is 2.48 bits per heavy atom. The normalized spacial score (nSPS) is 14.2. The Morgan fingerprint density at radius 1 is 1.06 bits per heavy atom. The lowest BCUT2D eigenvalue weighted by molar-refractivity contribution is -0.122. The molecule has 4 rings (SSSR count). The zero-order valence-corrected chi connectivity index (χ0v) is 19.2. The van der Waals surface area contributed by atoms with Gasteiger partial charge in [-0.25, -0.2) is 4.98 Å². The first-order valence-corrected chi connectivity index (χ1v) is 11.6. The molecule has 0 aliphatic heterocycles. The highest BCUT2D eigenvalue weighted by Gasteiger charge is 2.20. The van der Waals surface area contributed by atoms with Crippen molar-refractivity contribution in [3.05, 3.63) is 69.6 Å². The summed E-state index contributed by atoms with van der Waals surface area (Å²) in [6.45, 7) is 3.89. The van der Waals surface area contributed by atoms with Gasteiger partial charge in [0.2, 0.25) is 11.3 Å². The van der Waals surface area contributed by atoms with Crippen molar-refractivity contribution in [2.24, 2.45) is 0 Å². The number of pyridine rings is 2. The summed E-state index contributed by atoms with van der Waals surface area (Å²) in [5.74, 6) is -0.648. The maximum Gasteiger partial charge on any atom is 0.261 e. The maximum atomic E-state index is 13.1. The Morgan fingerprint density at radius 2 is 1.79 bits per heavy atom. The van der Waals surface area contributed by atoms with Crippen molar-refractivity contribution in [2.45, 2.75) is 65.0 Å². The monoisotopic (exact) mass is 446 g/mol. The van der Waals surface area contributed by atoms with E-state index in [2.05, 4.69) is 22.5 Å². The second kappa shape index (κ2) is 9.98. The second-order valence-electron chi connectivity index (χ2n) is 8.73. The number of benzene rings is 1. The molecule has 2 aromatic heterocycles. The van der Waals surface area contributed by atoms with E-state index in [-0.39, 0.29) is 24.1 Å². The number of hydrogen-bond donors (Lipinski definition) is 2. The molecule has 1 fully saturated rings. The van der Waals surface area contributed by atoms with E-state index in [1.54, 1.807) is 16.7 Å². The number of fused-ring (bicyclic) bond motifs is 1. The number of amides is 2. The highest BCUT2D eigenvalue weighted by atomic mass is 16.2. The van der Waals surface area contributed by atoms with Gasteiger partial charge in [0.1, 0.15) is 17.8 Å².